The third-order valence-electron chi connectivity index (χ3n) is 9.27. The number of aliphatic hydroxyl groups is 1. The maximum atomic E-state index is 13.5. The van der Waals surface area contributed by atoms with E-state index < -0.39 is 146 Å². The van der Waals surface area contributed by atoms with Crippen LogP contribution in [0.2, 0.25) is 0 Å². The minimum absolute atomic E-state index is 0.0203. The van der Waals surface area contributed by atoms with Crippen molar-refractivity contribution in [3.63, 3.8) is 0 Å². The van der Waals surface area contributed by atoms with E-state index in [1.54, 1.807) is 13.8 Å². The molecule has 0 heterocycles. The first-order valence-electron chi connectivity index (χ1n) is 21.3. The van der Waals surface area contributed by atoms with Crippen LogP contribution in [0, 0.1) is 11.3 Å². The summed E-state index contributed by atoms with van der Waals surface area (Å²) in [6, 6.07) is -10.8. The predicted molar refractivity (Wildman–Crippen MR) is 235 cm³/mol. The van der Waals surface area contributed by atoms with Crippen LogP contribution in [0.5, 0.6) is 0 Å². The van der Waals surface area contributed by atoms with E-state index in [2.05, 4.69) is 42.5 Å². The number of carbonyl (C=O) groups excluding carboxylic acids is 9. The number of carboxylic acid groups (broad SMARTS) is 3. The largest absolute Gasteiger partial charge is 0.481 e. The fraction of sp³-hybridized carbons (Fsp3) is 0.658. The van der Waals surface area contributed by atoms with Gasteiger partial charge < -0.3 is 91.2 Å². The Morgan fingerprint density at radius 1 is 0.544 bits per heavy atom. The van der Waals surface area contributed by atoms with Gasteiger partial charge >= 0.3 is 17.9 Å². The number of rotatable bonds is 35. The Kier molecular flexibility index (Phi) is 29.0. The third kappa shape index (κ3) is 26.7. The van der Waals surface area contributed by atoms with Crippen LogP contribution in [0.25, 0.3) is 0 Å². The van der Waals surface area contributed by atoms with Gasteiger partial charge in [-0.1, -0.05) is 13.8 Å². The molecule has 0 aliphatic heterocycles. The van der Waals surface area contributed by atoms with E-state index in [1.165, 1.54) is 0 Å². The maximum absolute atomic E-state index is 13.5. The lowest BCUT2D eigenvalue weighted by molar-refractivity contribution is -0.143. The molecular formula is C38H66N14O16. The van der Waals surface area contributed by atoms with Crippen LogP contribution in [-0.4, -0.2) is 173 Å². The summed E-state index contributed by atoms with van der Waals surface area (Å²) in [6.45, 7) is 0.871. The van der Waals surface area contributed by atoms with Gasteiger partial charge in [-0.05, 0) is 57.4 Å². The summed E-state index contributed by atoms with van der Waals surface area (Å²) >= 11 is 0. The highest BCUT2D eigenvalue weighted by molar-refractivity contribution is 5.98. The fourth-order valence-electron chi connectivity index (χ4n) is 5.83. The number of carbonyl (C=O) groups is 12. The van der Waals surface area contributed by atoms with Crippen molar-refractivity contribution in [3.8, 4) is 0 Å². The van der Waals surface area contributed by atoms with E-state index in [0.29, 0.717) is 12.8 Å². The Balaban J connectivity index is 5.81. The summed E-state index contributed by atoms with van der Waals surface area (Å²) in [6.07, 6.45) is -1.80. The van der Waals surface area contributed by atoms with Gasteiger partial charge in [-0.2, -0.15) is 0 Å². The van der Waals surface area contributed by atoms with Crippen molar-refractivity contribution in [2.45, 2.75) is 120 Å². The van der Waals surface area contributed by atoms with Crippen molar-refractivity contribution in [1.82, 2.24) is 47.9 Å². The monoisotopic (exact) mass is 974 g/mol. The Bertz CT molecular complexity index is 1800. The number of primary amides is 1. The highest BCUT2D eigenvalue weighted by atomic mass is 16.4. The first kappa shape index (κ1) is 60.8. The molecule has 0 aliphatic rings. The standard InChI is InChI=1S/C38H66N14O16/c1-18(2)12-23(35(65)50-22(37(67)68)8-9-26(41)54)51-34(64)21(6-3-4-10-39)47-27(55)15-46-33(63)24(14-30(59)60)52-36(66)25(17-53)48-28(56)16-45-32(62)20(7-5-11-44-38(42)43)49-31(61)19(40)13-29(57)58/h18-25,53H,3-17,39-40H2,1-2H3,(H2,41,54)(H,45,62)(H,46,63)(H,47,55)(H,48,56)(H,49,61)(H,50,65)(H,51,64)(H,52,66)(H,57,58)(H,59,60)(H,67,68)(H4,42,43,44)/t19-,20-,21-,22-,23-,24-,25-/m0/s1. The zero-order valence-corrected chi connectivity index (χ0v) is 37.7. The minimum atomic E-state index is -1.91. The lowest BCUT2D eigenvalue weighted by atomic mass is 10.0. The van der Waals surface area contributed by atoms with Crippen molar-refractivity contribution >= 4 is 77.0 Å². The van der Waals surface area contributed by atoms with Crippen molar-refractivity contribution in [3.05, 3.63) is 0 Å². The molecule has 68 heavy (non-hydrogen) atoms. The first-order chi connectivity index (χ1) is 31.8. The summed E-state index contributed by atoms with van der Waals surface area (Å²) in [4.78, 5) is 150. The van der Waals surface area contributed by atoms with Crippen LogP contribution in [0.4, 0.5) is 0 Å². The number of aliphatic carboxylic acids is 3. The lowest BCUT2D eigenvalue weighted by Crippen LogP contribution is -2.58. The second-order valence-corrected chi connectivity index (χ2v) is 15.6. The smallest absolute Gasteiger partial charge is 0.326 e. The molecule has 0 aromatic heterocycles. The number of nitrogens with one attached hydrogen (secondary N) is 10. The summed E-state index contributed by atoms with van der Waals surface area (Å²) in [7, 11) is 0. The normalized spacial score (nSPS) is 13.9. The van der Waals surface area contributed by atoms with Crippen molar-refractivity contribution in [2.24, 2.45) is 28.9 Å². The van der Waals surface area contributed by atoms with Crippen molar-refractivity contribution in [2.75, 3.05) is 32.8 Å². The third-order valence-corrected chi connectivity index (χ3v) is 9.27. The molecule has 0 saturated heterocycles. The van der Waals surface area contributed by atoms with Crippen LogP contribution >= 0.6 is 0 Å². The van der Waals surface area contributed by atoms with Crippen LogP contribution < -0.4 is 70.8 Å². The molecular weight excluding hydrogens is 908 g/mol. The van der Waals surface area contributed by atoms with Gasteiger partial charge in [0.25, 0.3) is 0 Å². The molecule has 30 heteroatoms. The van der Waals surface area contributed by atoms with Crippen molar-refractivity contribution in [1.29, 1.82) is 5.41 Å². The molecule has 22 N–H and O–H groups in total. The Hall–Kier alpha value is -7.21. The minimum Gasteiger partial charge on any atom is -0.481 e. The second kappa shape index (κ2) is 32.5. The number of hydrogen-bond donors (Lipinski definition) is 18. The SMILES string of the molecule is CC(C)C[C@H](NC(=O)[C@H](CCCCN)NC(=O)CNC(=O)[C@H](CC(=O)O)NC(=O)[C@H](CO)NC(=O)CNC(=O)[C@H](CCCNC(=N)N)NC(=O)[C@@H](N)CC(=O)O)C(=O)N[C@@H](CCC(N)=O)C(=O)O. The van der Waals surface area contributed by atoms with E-state index in [4.69, 9.17) is 33.5 Å². The molecule has 0 aromatic rings. The van der Waals surface area contributed by atoms with Gasteiger partial charge in [-0.3, -0.25) is 58.1 Å². The van der Waals surface area contributed by atoms with Gasteiger partial charge in [0.1, 0.15) is 36.3 Å². The molecule has 0 spiro atoms. The molecule has 0 aromatic carbocycles. The first-order valence-corrected chi connectivity index (χ1v) is 21.3. The van der Waals surface area contributed by atoms with E-state index >= 15 is 0 Å². The van der Waals surface area contributed by atoms with Crippen molar-refractivity contribution < 1.29 is 78.0 Å². The number of aliphatic hydroxyl groups excluding tert-OH is 1. The van der Waals surface area contributed by atoms with Crippen LogP contribution in [0.3, 0.4) is 0 Å². The Labute approximate surface area is 389 Å². The number of hydrogen-bond acceptors (Lipinski definition) is 16. The number of amides is 9. The number of nitrogens with two attached hydrogens (primary N) is 4. The van der Waals surface area contributed by atoms with Gasteiger partial charge in [0.05, 0.1) is 38.6 Å². The van der Waals surface area contributed by atoms with Crippen LogP contribution in [-0.2, 0) is 57.5 Å². The zero-order valence-electron chi connectivity index (χ0n) is 37.7. The summed E-state index contributed by atoms with van der Waals surface area (Å²) in [5, 5.41) is 65.3. The molecule has 0 unspecified atom stereocenters. The van der Waals surface area contributed by atoms with Crippen LogP contribution in [0.15, 0.2) is 0 Å². The van der Waals surface area contributed by atoms with E-state index in [0.717, 1.165) is 0 Å². The molecule has 384 valence electrons. The lowest BCUT2D eigenvalue weighted by Gasteiger charge is -2.25. The highest BCUT2D eigenvalue weighted by Crippen LogP contribution is 2.09. The zero-order chi connectivity index (χ0) is 52.1. The number of unbranched alkanes of at least 4 members (excludes halogenated alkanes) is 1. The molecule has 30 nitrogen and oxygen atoms in total. The quantitative estimate of drug-likeness (QED) is 0.0159. The molecule has 0 aliphatic carbocycles. The summed E-state index contributed by atoms with van der Waals surface area (Å²) in [5.74, 6) is -14.2. The number of guanidine groups is 1. The van der Waals surface area contributed by atoms with E-state index in [1.807, 2.05) is 5.32 Å². The van der Waals surface area contributed by atoms with Gasteiger partial charge in [-0.15, -0.1) is 0 Å². The summed E-state index contributed by atoms with van der Waals surface area (Å²) in [5.41, 5.74) is 21.5. The number of carboxylic acids is 3. The van der Waals surface area contributed by atoms with Gasteiger partial charge in [0.15, 0.2) is 5.96 Å². The van der Waals surface area contributed by atoms with E-state index in [-0.39, 0.29) is 63.5 Å². The molecule has 0 rings (SSSR count). The van der Waals surface area contributed by atoms with Gasteiger partial charge in [-0.25, -0.2) is 4.79 Å². The Morgan fingerprint density at radius 2 is 1.01 bits per heavy atom. The summed E-state index contributed by atoms with van der Waals surface area (Å²) < 4.78 is 0. The predicted octanol–water partition coefficient (Wildman–Crippen LogP) is -7.81. The fourth-order valence-corrected chi connectivity index (χ4v) is 5.83. The topological polar surface area (TPSA) is 522 Å². The molecule has 0 radical (unpaired) electrons. The Morgan fingerprint density at radius 3 is 1.51 bits per heavy atom. The molecule has 7 atom stereocenters. The van der Waals surface area contributed by atoms with Gasteiger partial charge in [0, 0.05) is 13.0 Å². The maximum Gasteiger partial charge on any atom is 0.326 e. The average molecular weight is 975 g/mol. The molecule has 0 bridgehead atoms. The molecule has 0 fully saturated rings. The molecule has 9 amide bonds. The van der Waals surface area contributed by atoms with Gasteiger partial charge in [0.2, 0.25) is 53.2 Å². The average Bonchev–Trinajstić information content (AvgIpc) is 3.24. The molecule has 0 saturated carbocycles. The van der Waals surface area contributed by atoms with Crippen LogP contribution in [0.1, 0.15) is 78.1 Å². The van der Waals surface area contributed by atoms with E-state index in [9.17, 15) is 72.9 Å². The highest BCUT2D eigenvalue weighted by Gasteiger charge is 2.32. The second-order valence-electron chi connectivity index (χ2n) is 15.6.